The molecule has 74 valence electrons. The standard InChI is InChI=1S/C8H9N3O3/c1-10(5-4-9)6-7-2-3-8(14-7)11(12)13/h2-3H,5-6H2,1H3. The molecule has 0 aliphatic rings. The normalized spacial score (nSPS) is 10.1. The lowest BCUT2D eigenvalue weighted by molar-refractivity contribution is -0.402. The van der Waals surface area contributed by atoms with E-state index >= 15 is 0 Å². The lowest BCUT2D eigenvalue weighted by Crippen LogP contribution is -2.17. The molecule has 1 aromatic heterocycles. The van der Waals surface area contributed by atoms with Crippen molar-refractivity contribution < 1.29 is 9.34 Å². The third-order valence-corrected chi connectivity index (χ3v) is 1.59. The molecule has 6 nitrogen and oxygen atoms in total. The molecule has 0 radical (unpaired) electrons. The molecule has 1 aromatic rings. The third-order valence-electron chi connectivity index (χ3n) is 1.59. The molecule has 0 saturated carbocycles. The third kappa shape index (κ3) is 2.57. The van der Waals surface area contributed by atoms with Crippen LogP contribution in [0.5, 0.6) is 0 Å². The van der Waals surface area contributed by atoms with Gasteiger partial charge in [0, 0.05) is 0 Å². The summed E-state index contributed by atoms with van der Waals surface area (Å²) in [6, 6.07) is 4.80. The van der Waals surface area contributed by atoms with Gasteiger partial charge in [0.15, 0.2) is 0 Å². The highest BCUT2D eigenvalue weighted by Gasteiger charge is 2.12. The highest BCUT2D eigenvalue weighted by atomic mass is 16.6. The second kappa shape index (κ2) is 4.39. The van der Waals surface area contributed by atoms with Crippen molar-refractivity contribution in [2.24, 2.45) is 0 Å². The van der Waals surface area contributed by atoms with Gasteiger partial charge in [-0.15, -0.1) is 0 Å². The van der Waals surface area contributed by atoms with Gasteiger partial charge < -0.3 is 4.42 Å². The molecule has 0 aliphatic carbocycles. The highest BCUT2D eigenvalue weighted by molar-refractivity contribution is 5.17. The summed E-state index contributed by atoms with van der Waals surface area (Å²) in [6.45, 7) is 0.649. The van der Waals surface area contributed by atoms with Crippen LogP contribution in [0.15, 0.2) is 16.5 Å². The Bertz CT molecular complexity index is 366. The van der Waals surface area contributed by atoms with E-state index in [0.29, 0.717) is 12.3 Å². The maximum absolute atomic E-state index is 10.3. The molecule has 1 rings (SSSR count). The Hall–Kier alpha value is -1.87. The van der Waals surface area contributed by atoms with E-state index in [1.54, 1.807) is 11.9 Å². The van der Waals surface area contributed by atoms with Crippen molar-refractivity contribution >= 4 is 5.88 Å². The lowest BCUT2D eigenvalue weighted by atomic mass is 10.4. The van der Waals surface area contributed by atoms with Gasteiger partial charge in [-0.25, -0.2) is 0 Å². The molecule has 0 bridgehead atoms. The van der Waals surface area contributed by atoms with Gasteiger partial charge in [-0.05, 0) is 13.1 Å². The van der Waals surface area contributed by atoms with E-state index < -0.39 is 4.92 Å². The van der Waals surface area contributed by atoms with Crippen LogP contribution in [-0.4, -0.2) is 23.4 Å². The second-order valence-electron chi connectivity index (χ2n) is 2.83. The number of hydrogen-bond acceptors (Lipinski definition) is 5. The average molecular weight is 195 g/mol. The first-order valence-electron chi connectivity index (χ1n) is 3.92. The van der Waals surface area contributed by atoms with Gasteiger partial charge in [-0.2, -0.15) is 5.26 Å². The van der Waals surface area contributed by atoms with E-state index in [4.69, 9.17) is 9.68 Å². The fraction of sp³-hybridized carbons (Fsp3) is 0.375. The van der Waals surface area contributed by atoms with Crippen molar-refractivity contribution in [2.75, 3.05) is 13.6 Å². The summed E-state index contributed by atoms with van der Waals surface area (Å²) >= 11 is 0. The number of rotatable bonds is 4. The number of nitro groups is 1. The Morgan fingerprint density at radius 1 is 1.71 bits per heavy atom. The molecule has 0 unspecified atom stereocenters. The summed E-state index contributed by atoms with van der Waals surface area (Å²) in [4.78, 5) is 11.4. The molecule has 0 amide bonds. The van der Waals surface area contributed by atoms with Crippen molar-refractivity contribution in [1.82, 2.24) is 4.90 Å². The quantitative estimate of drug-likeness (QED) is 0.408. The van der Waals surface area contributed by atoms with E-state index in [9.17, 15) is 10.1 Å². The van der Waals surface area contributed by atoms with Crippen LogP contribution in [0, 0.1) is 21.4 Å². The SMILES string of the molecule is CN(CC#N)Cc1ccc([N+](=O)[O-])o1. The van der Waals surface area contributed by atoms with Crippen molar-refractivity contribution in [3.63, 3.8) is 0 Å². The lowest BCUT2D eigenvalue weighted by Gasteiger charge is -2.08. The predicted octanol–water partition coefficient (Wildman–Crippen LogP) is 1.14. The van der Waals surface area contributed by atoms with Gasteiger partial charge in [-0.3, -0.25) is 15.0 Å². The summed E-state index contributed by atoms with van der Waals surface area (Å²) in [6.07, 6.45) is 0. The number of hydrogen-bond donors (Lipinski definition) is 0. The minimum atomic E-state index is -0.589. The van der Waals surface area contributed by atoms with E-state index in [-0.39, 0.29) is 12.4 Å². The fourth-order valence-corrected chi connectivity index (χ4v) is 0.992. The molecule has 1 heterocycles. The summed E-state index contributed by atoms with van der Waals surface area (Å²) < 4.78 is 4.91. The average Bonchev–Trinajstić information content (AvgIpc) is 2.53. The largest absolute Gasteiger partial charge is 0.433 e. The van der Waals surface area contributed by atoms with Crippen LogP contribution >= 0.6 is 0 Å². The molecule has 6 heteroatoms. The minimum absolute atomic E-state index is 0.258. The van der Waals surface area contributed by atoms with Crippen LogP contribution in [-0.2, 0) is 6.54 Å². The minimum Gasteiger partial charge on any atom is -0.404 e. The van der Waals surface area contributed by atoms with Crippen molar-refractivity contribution in [3.05, 3.63) is 28.0 Å². The first kappa shape index (κ1) is 10.2. The van der Waals surface area contributed by atoms with E-state index in [0.717, 1.165) is 0 Å². The summed E-state index contributed by atoms with van der Waals surface area (Å²) in [5, 5.41) is 18.6. The summed E-state index contributed by atoms with van der Waals surface area (Å²) in [5.74, 6) is 0.208. The van der Waals surface area contributed by atoms with Gasteiger partial charge >= 0.3 is 5.88 Å². The molecule has 0 spiro atoms. The Labute approximate surface area is 80.5 Å². The van der Waals surface area contributed by atoms with Crippen LogP contribution in [0.4, 0.5) is 5.88 Å². The smallest absolute Gasteiger partial charge is 0.404 e. The van der Waals surface area contributed by atoms with Gasteiger partial charge in [0.2, 0.25) is 0 Å². The Morgan fingerprint density at radius 2 is 2.43 bits per heavy atom. The van der Waals surface area contributed by atoms with Crippen molar-refractivity contribution in [3.8, 4) is 6.07 Å². The van der Waals surface area contributed by atoms with Crippen molar-refractivity contribution in [1.29, 1.82) is 5.26 Å². The molecule has 0 saturated heterocycles. The van der Waals surface area contributed by atoms with Crippen LogP contribution < -0.4 is 0 Å². The van der Waals surface area contributed by atoms with E-state index in [2.05, 4.69) is 0 Å². The zero-order valence-corrected chi connectivity index (χ0v) is 7.64. The first-order valence-corrected chi connectivity index (χ1v) is 3.92. The molecule has 0 N–H and O–H groups in total. The second-order valence-corrected chi connectivity index (χ2v) is 2.83. The molecule has 0 atom stereocenters. The Kier molecular flexibility index (Phi) is 3.20. The van der Waals surface area contributed by atoms with Crippen LogP contribution in [0.1, 0.15) is 5.76 Å². The van der Waals surface area contributed by atoms with Gasteiger partial charge in [-0.1, -0.05) is 0 Å². The van der Waals surface area contributed by atoms with Crippen molar-refractivity contribution in [2.45, 2.75) is 6.54 Å². The summed E-state index contributed by atoms with van der Waals surface area (Å²) in [5.41, 5.74) is 0. The first-order chi connectivity index (χ1) is 6.63. The fourth-order valence-electron chi connectivity index (χ4n) is 0.992. The maximum atomic E-state index is 10.3. The van der Waals surface area contributed by atoms with Gasteiger partial charge in [0.05, 0.1) is 25.2 Å². The number of nitrogens with zero attached hydrogens (tertiary/aromatic N) is 3. The zero-order valence-electron chi connectivity index (χ0n) is 7.64. The van der Waals surface area contributed by atoms with E-state index in [1.807, 2.05) is 6.07 Å². The zero-order chi connectivity index (χ0) is 10.6. The monoisotopic (exact) mass is 195 g/mol. The van der Waals surface area contributed by atoms with E-state index in [1.165, 1.54) is 12.1 Å². The summed E-state index contributed by atoms with van der Waals surface area (Å²) in [7, 11) is 1.73. The predicted molar refractivity (Wildman–Crippen MR) is 47.3 cm³/mol. The van der Waals surface area contributed by atoms with Gasteiger partial charge in [0.1, 0.15) is 10.7 Å². The van der Waals surface area contributed by atoms with Crippen LogP contribution in [0.3, 0.4) is 0 Å². The van der Waals surface area contributed by atoms with Gasteiger partial charge in [0.25, 0.3) is 0 Å². The maximum Gasteiger partial charge on any atom is 0.433 e. The highest BCUT2D eigenvalue weighted by Crippen LogP contribution is 2.16. The van der Waals surface area contributed by atoms with Crippen LogP contribution in [0.25, 0.3) is 0 Å². The number of nitriles is 1. The Morgan fingerprint density at radius 3 is 2.93 bits per heavy atom. The molecular formula is C8H9N3O3. The Balaban J connectivity index is 2.60. The number of furan rings is 1. The van der Waals surface area contributed by atoms with Crippen LogP contribution in [0.2, 0.25) is 0 Å². The molecule has 0 aromatic carbocycles. The molecular weight excluding hydrogens is 186 g/mol. The molecule has 0 aliphatic heterocycles. The topological polar surface area (TPSA) is 83.3 Å². The molecule has 14 heavy (non-hydrogen) atoms. The molecule has 0 fully saturated rings.